The summed E-state index contributed by atoms with van der Waals surface area (Å²) in [6.45, 7) is 1.93. The summed E-state index contributed by atoms with van der Waals surface area (Å²) in [5.41, 5.74) is 1.15. The quantitative estimate of drug-likeness (QED) is 0.837. The molecule has 2 rings (SSSR count). The van der Waals surface area contributed by atoms with Crippen LogP contribution in [0.1, 0.15) is 18.4 Å². The van der Waals surface area contributed by atoms with E-state index in [1.165, 1.54) is 0 Å². The van der Waals surface area contributed by atoms with Crippen molar-refractivity contribution in [3.63, 3.8) is 0 Å². The molecule has 1 unspecified atom stereocenters. The summed E-state index contributed by atoms with van der Waals surface area (Å²) in [6, 6.07) is 10.0. The molecule has 0 aliphatic carbocycles. The second-order valence-electron chi connectivity index (χ2n) is 4.13. The highest BCUT2D eigenvalue weighted by molar-refractivity contribution is 5.79. The summed E-state index contributed by atoms with van der Waals surface area (Å²) in [4.78, 5) is 11.4. The third-order valence-corrected chi connectivity index (χ3v) is 2.83. The molecular weight excluding hydrogens is 202 g/mol. The predicted octanol–water partition coefficient (Wildman–Crippen LogP) is 1.73. The van der Waals surface area contributed by atoms with Gasteiger partial charge in [-0.2, -0.15) is 0 Å². The number of benzene rings is 1. The van der Waals surface area contributed by atoms with Gasteiger partial charge in [0.2, 0.25) is 5.91 Å². The molecular formula is C13H17NO2. The van der Waals surface area contributed by atoms with Crippen molar-refractivity contribution in [1.82, 2.24) is 5.32 Å². The highest BCUT2D eigenvalue weighted by Gasteiger charge is 2.21. The number of piperidine rings is 1. The van der Waals surface area contributed by atoms with Crippen LogP contribution in [0.5, 0.6) is 0 Å². The molecule has 1 aromatic rings. The average molecular weight is 219 g/mol. The minimum Gasteiger partial charge on any atom is -0.376 e. The van der Waals surface area contributed by atoms with Gasteiger partial charge in [0.15, 0.2) is 0 Å². The first kappa shape index (κ1) is 11.1. The molecule has 1 aliphatic rings. The van der Waals surface area contributed by atoms with Crippen molar-refractivity contribution in [3.8, 4) is 0 Å². The van der Waals surface area contributed by atoms with E-state index in [4.69, 9.17) is 4.74 Å². The minimum absolute atomic E-state index is 0.0393. The molecule has 1 N–H and O–H groups in total. The van der Waals surface area contributed by atoms with E-state index >= 15 is 0 Å². The molecule has 0 radical (unpaired) electrons. The number of rotatable bonds is 4. The van der Waals surface area contributed by atoms with E-state index in [9.17, 15) is 4.79 Å². The van der Waals surface area contributed by atoms with Crippen molar-refractivity contribution < 1.29 is 9.53 Å². The van der Waals surface area contributed by atoms with Gasteiger partial charge in [0, 0.05) is 6.54 Å². The maximum Gasteiger partial charge on any atom is 0.225 e. The first-order valence-electron chi connectivity index (χ1n) is 5.75. The first-order chi connectivity index (χ1) is 7.86. The molecule has 1 atom stereocenters. The van der Waals surface area contributed by atoms with Crippen LogP contribution in [0.2, 0.25) is 0 Å². The van der Waals surface area contributed by atoms with E-state index < -0.39 is 0 Å². The zero-order valence-electron chi connectivity index (χ0n) is 9.32. The van der Waals surface area contributed by atoms with Gasteiger partial charge in [0.25, 0.3) is 0 Å². The van der Waals surface area contributed by atoms with E-state index in [2.05, 4.69) is 5.32 Å². The highest BCUT2D eigenvalue weighted by Crippen LogP contribution is 2.12. The van der Waals surface area contributed by atoms with Gasteiger partial charge in [-0.3, -0.25) is 4.79 Å². The Morgan fingerprint density at radius 1 is 1.31 bits per heavy atom. The smallest absolute Gasteiger partial charge is 0.225 e. The largest absolute Gasteiger partial charge is 0.376 e. The zero-order chi connectivity index (χ0) is 11.2. The maximum atomic E-state index is 11.4. The van der Waals surface area contributed by atoms with E-state index in [-0.39, 0.29) is 11.8 Å². The van der Waals surface area contributed by atoms with E-state index in [0.29, 0.717) is 13.2 Å². The third kappa shape index (κ3) is 3.07. The molecule has 1 amide bonds. The number of hydrogen-bond acceptors (Lipinski definition) is 2. The molecule has 3 nitrogen and oxygen atoms in total. The van der Waals surface area contributed by atoms with Gasteiger partial charge in [-0.25, -0.2) is 0 Å². The highest BCUT2D eigenvalue weighted by atomic mass is 16.5. The van der Waals surface area contributed by atoms with Crippen molar-refractivity contribution >= 4 is 5.91 Å². The second kappa shape index (κ2) is 5.66. The van der Waals surface area contributed by atoms with Gasteiger partial charge in [-0.1, -0.05) is 30.3 Å². The summed E-state index contributed by atoms with van der Waals surface area (Å²) < 4.78 is 5.57. The van der Waals surface area contributed by atoms with Crippen molar-refractivity contribution in [2.24, 2.45) is 5.92 Å². The Labute approximate surface area is 95.8 Å². The van der Waals surface area contributed by atoms with Crippen LogP contribution in [-0.2, 0) is 16.1 Å². The lowest BCUT2D eigenvalue weighted by atomic mass is 10.00. The molecule has 16 heavy (non-hydrogen) atoms. The van der Waals surface area contributed by atoms with Crippen molar-refractivity contribution in [2.45, 2.75) is 19.4 Å². The maximum absolute atomic E-state index is 11.4. The normalized spacial score (nSPS) is 20.5. The van der Waals surface area contributed by atoms with E-state index in [1.807, 2.05) is 30.3 Å². The molecule has 0 bridgehead atoms. The van der Waals surface area contributed by atoms with Crippen molar-refractivity contribution in [1.29, 1.82) is 0 Å². The summed E-state index contributed by atoms with van der Waals surface area (Å²) in [5, 5.41) is 2.86. The van der Waals surface area contributed by atoms with Crippen LogP contribution in [0.3, 0.4) is 0 Å². The van der Waals surface area contributed by atoms with Gasteiger partial charge in [-0.15, -0.1) is 0 Å². The fraction of sp³-hybridized carbons (Fsp3) is 0.462. The molecule has 0 aromatic heterocycles. The van der Waals surface area contributed by atoms with Gasteiger partial charge in [-0.05, 0) is 18.4 Å². The Bertz CT molecular complexity index is 337. The molecule has 1 fully saturated rings. The third-order valence-electron chi connectivity index (χ3n) is 2.83. The molecule has 0 spiro atoms. The topological polar surface area (TPSA) is 38.3 Å². The molecule has 1 aliphatic heterocycles. The van der Waals surface area contributed by atoms with Crippen molar-refractivity contribution in [3.05, 3.63) is 35.9 Å². The van der Waals surface area contributed by atoms with Gasteiger partial charge in [0.05, 0.1) is 19.1 Å². The Kier molecular flexibility index (Phi) is 3.94. The van der Waals surface area contributed by atoms with Crippen LogP contribution in [0.4, 0.5) is 0 Å². The molecule has 86 valence electrons. The lowest BCUT2D eigenvalue weighted by Gasteiger charge is -2.21. The van der Waals surface area contributed by atoms with Gasteiger partial charge < -0.3 is 10.1 Å². The molecule has 3 heteroatoms. The Balaban J connectivity index is 1.73. The first-order valence-corrected chi connectivity index (χ1v) is 5.75. The SMILES string of the molecule is O=C1NCCCC1COCc1ccccc1. The summed E-state index contributed by atoms with van der Waals surface area (Å²) >= 11 is 0. The number of hydrogen-bond donors (Lipinski definition) is 1. The van der Waals surface area contributed by atoms with E-state index in [0.717, 1.165) is 24.9 Å². The molecule has 1 aromatic carbocycles. The average Bonchev–Trinajstić information content (AvgIpc) is 2.33. The minimum atomic E-state index is 0.0393. The standard InChI is InChI=1S/C13H17NO2/c15-13-12(7-4-8-14-13)10-16-9-11-5-2-1-3-6-11/h1-3,5-6,12H,4,7-10H2,(H,14,15). The summed E-state index contributed by atoms with van der Waals surface area (Å²) in [7, 11) is 0. The zero-order valence-corrected chi connectivity index (χ0v) is 9.32. The number of carbonyl (C=O) groups is 1. The number of carbonyl (C=O) groups excluding carboxylic acids is 1. The lowest BCUT2D eigenvalue weighted by Crippen LogP contribution is -2.38. The predicted molar refractivity (Wildman–Crippen MR) is 61.8 cm³/mol. The molecule has 1 heterocycles. The lowest BCUT2D eigenvalue weighted by molar-refractivity contribution is -0.129. The van der Waals surface area contributed by atoms with Crippen LogP contribution >= 0.6 is 0 Å². The van der Waals surface area contributed by atoms with Crippen LogP contribution in [0, 0.1) is 5.92 Å². The summed E-state index contributed by atoms with van der Waals surface area (Å²) in [5.74, 6) is 0.178. The number of nitrogens with one attached hydrogen (secondary N) is 1. The second-order valence-corrected chi connectivity index (χ2v) is 4.13. The number of ether oxygens (including phenoxy) is 1. The van der Waals surface area contributed by atoms with Gasteiger partial charge >= 0.3 is 0 Å². The van der Waals surface area contributed by atoms with Crippen LogP contribution in [0.15, 0.2) is 30.3 Å². The van der Waals surface area contributed by atoms with Crippen LogP contribution < -0.4 is 5.32 Å². The van der Waals surface area contributed by atoms with Crippen LogP contribution in [-0.4, -0.2) is 19.1 Å². The fourth-order valence-corrected chi connectivity index (χ4v) is 1.89. The Morgan fingerprint density at radius 2 is 2.12 bits per heavy atom. The van der Waals surface area contributed by atoms with Gasteiger partial charge in [0.1, 0.15) is 0 Å². The van der Waals surface area contributed by atoms with Crippen LogP contribution in [0.25, 0.3) is 0 Å². The summed E-state index contributed by atoms with van der Waals surface area (Å²) in [6.07, 6.45) is 2.01. The molecule has 1 saturated heterocycles. The van der Waals surface area contributed by atoms with Crippen molar-refractivity contribution in [2.75, 3.05) is 13.2 Å². The number of amides is 1. The monoisotopic (exact) mass is 219 g/mol. The Morgan fingerprint density at radius 3 is 2.88 bits per heavy atom. The fourth-order valence-electron chi connectivity index (χ4n) is 1.89. The Hall–Kier alpha value is -1.35. The van der Waals surface area contributed by atoms with E-state index in [1.54, 1.807) is 0 Å². The molecule has 0 saturated carbocycles.